The van der Waals surface area contributed by atoms with E-state index in [1.54, 1.807) is 7.11 Å². The van der Waals surface area contributed by atoms with Crippen LogP contribution >= 0.6 is 0 Å². The molecule has 0 atom stereocenters. The monoisotopic (exact) mass is 444 g/mol. The molecular weight excluding hydrogens is 421 g/mol. The molecule has 0 aromatic heterocycles. The van der Waals surface area contributed by atoms with E-state index < -0.39 is 34.2 Å². The Labute approximate surface area is 173 Å². The lowest BCUT2D eigenvalue weighted by Gasteiger charge is -2.22. The Bertz CT molecular complexity index is 961. The molecule has 0 fully saturated rings. The Morgan fingerprint density at radius 1 is 1.13 bits per heavy atom. The van der Waals surface area contributed by atoms with Crippen molar-refractivity contribution in [3.8, 4) is 5.75 Å². The van der Waals surface area contributed by atoms with Gasteiger partial charge in [-0.05, 0) is 54.8 Å². The SMILES string of the molecule is COc1cccc(CCCNC(=O)CN(c2ccc(C(F)(F)F)cc2)S(C)(=O)=O)c1. The molecule has 2 rings (SSSR count). The van der Waals surface area contributed by atoms with Crippen molar-refractivity contribution in [3.63, 3.8) is 0 Å². The molecule has 0 radical (unpaired) electrons. The number of halogens is 3. The normalized spacial score (nSPS) is 11.8. The summed E-state index contributed by atoms with van der Waals surface area (Å²) in [4.78, 5) is 12.2. The zero-order valence-electron chi connectivity index (χ0n) is 16.6. The van der Waals surface area contributed by atoms with Crippen LogP contribution < -0.4 is 14.4 Å². The van der Waals surface area contributed by atoms with Crippen LogP contribution in [0.5, 0.6) is 5.75 Å². The lowest BCUT2D eigenvalue weighted by Crippen LogP contribution is -2.40. The van der Waals surface area contributed by atoms with Crippen LogP contribution in [0, 0.1) is 0 Å². The van der Waals surface area contributed by atoms with Crippen LogP contribution in [0.1, 0.15) is 17.5 Å². The van der Waals surface area contributed by atoms with Gasteiger partial charge in [0, 0.05) is 6.54 Å². The quantitative estimate of drug-likeness (QED) is 0.603. The number of nitrogens with one attached hydrogen (secondary N) is 1. The molecule has 0 aliphatic rings. The number of anilines is 1. The summed E-state index contributed by atoms with van der Waals surface area (Å²) in [5.41, 5.74) is 0.116. The number of carbonyl (C=O) groups is 1. The molecule has 1 amide bonds. The number of benzene rings is 2. The smallest absolute Gasteiger partial charge is 0.416 e. The number of sulfonamides is 1. The third kappa shape index (κ3) is 6.94. The second-order valence-electron chi connectivity index (χ2n) is 6.62. The lowest BCUT2D eigenvalue weighted by atomic mass is 10.1. The second-order valence-corrected chi connectivity index (χ2v) is 8.53. The van der Waals surface area contributed by atoms with E-state index in [9.17, 15) is 26.4 Å². The van der Waals surface area contributed by atoms with Gasteiger partial charge in [0.2, 0.25) is 15.9 Å². The molecule has 6 nitrogen and oxygen atoms in total. The van der Waals surface area contributed by atoms with Crippen LogP contribution in [-0.2, 0) is 27.4 Å². The Hall–Kier alpha value is -2.75. The number of rotatable bonds is 9. The third-order valence-electron chi connectivity index (χ3n) is 4.27. The zero-order valence-corrected chi connectivity index (χ0v) is 17.4. The Morgan fingerprint density at radius 2 is 1.80 bits per heavy atom. The van der Waals surface area contributed by atoms with Crippen LogP contribution in [0.4, 0.5) is 18.9 Å². The van der Waals surface area contributed by atoms with Crippen molar-refractivity contribution in [3.05, 3.63) is 59.7 Å². The number of hydrogen-bond donors (Lipinski definition) is 1. The fourth-order valence-electron chi connectivity index (χ4n) is 2.75. The summed E-state index contributed by atoms with van der Waals surface area (Å²) < 4.78 is 68.1. The molecular formula is C20H23F3N2O4S. The van der Waals surface area contributed by atoms with Gasteiger partial charge in [-0.25, -0.2) is 8.42 Å². The summed E-state index contributed by atoms with van der Waals surface area (Å²) in [6.07, 6.45) is -2.33. The summed E-state index contributed by atoms with van der Waals surface area (Å²) in [6, 6.07) is 11.1. The highest BCUT2D eigenvalue weighted by Crippen LogP contribution is 2.30. The van der Waals surface area contributed by atoms with Gasteiger partial charge in [0.1, 0.15) is 12.3 Å². The number of ether oxygens (including phenoxy) is 1. The van der Waals surface area contributed by atoms with Crippen LogP contribution in [0.2, 0.25) is 0 Å². The van der Waals surface area contributed by atoms with Gasteiger partial charge in [0.25, 0.3) is 0 Å². The summed E-state index contributed by atoms with van der Waals surface area (Å²) in [5.74, 6) is 0.183. The molecule has 0 spiro atoms. The number of nitrogens with zero attached hydrogens (tertiary/aromatic N) is 1. The molecule has 2 aromatic rings. The zero-order chi connectivity index (χ0) is 22.4. The number of amides is 1. The van der Waals surface area contributed by atoms with Crippen molar-refractivity contribution in [2.45, 2.75) is 19.0 Å². The number of carbonyl (C=O) groups excluding carboxylic acids is 1. The Kier molecular flexibility index (Phi) is 7.71. The van der Waals surface area contributed by atoms with Gasteiger partial charge in [-0.2, -0.15) is 13.2 Å². The van der Waals surface area contributed by atoms with E-state index in [1.165, 1.54) is 0 Å². The number of hydrogen-bond acceptors (Lipinski definition) is 4. The van der Waals surface area contributed by atoms with E-state index in [0.717, 1.165) is 46.1 Å². The lowest BCUT2D eigenvalue weighted by molar-refractivity contribution is -0.137. The average Bonchev–Trinajstić information content (AvgIpc) is 2.68. The first kappa shape index (κ1) is 23.5. The van der Waals surface area contributed by atoms with Crippen molar-refractivity contribution in [2.75, 3.05) is 30.8 Å². The van der Waals surface area contributed by atoms with Crippen molar-refractivity contribution in [1.82, 2.24) is 5.32 Å². The largest absolute Gasteiger partial charge is 0.497 e. The highest BCUT2D eigenvalue weighted by Gasteiger charge is 2.30. The van der Waals surface area contributed by atoms with Crippen LogP contribution in [-0.4, -0.2) is 40.8 Å². The van der Waals surface area contributed by atoms with Gasteiger partial charge < -0.3 is 10.1 Å². The molecule has 2 aromatic carbocycles. The maximum atomic E-state index is 12.7. The van der Waals surface area contributed by atoms with Crippen LogP contribution in [0.25, 0.3) is 0 Å². The second kappa shape index (κ2) is 9.84. The van der Waals surface area contributed by atoms with E-state index in [-0.39, 0.29) is 5.69 Å². The predicted molar refractivity (Wildman–Crippen MR) is 108 cm³/mol. The van der Waals surface area contributed by atoms with Gasteiger partial charge in [0.05, 0.1) is 24.6 Å². The molecule has 10 heteroatoms. The van der Waals surface area contributed by atoms with Crippen molar-refractivity contribution >= 4 is 21.6 Å². The summed E-state index contributed by atoms with van der Waals surface area (Å²) >= 11 is 0. The van der Waals surface area contributed by atoms with Crippen molar-refractivity contribution in [2.24, 2.45) is 0 Å². The Balaban J connectivity index is 1.94. The topological polar surface area (TPSA) is 75.7 Å². The minimum Gasteiger partial charge on any atom is -0.497 e. The molecule has 164 valence electrons. The molecule has 0 saturated heterocycles. The molecule has 30 heavy (non-hydrogen) atoms. The van der Waals surface area contributed by atoms with E-state index in [1.807, 2.05) is 24.3 Å². The van der Waals surface area contributed by atoms with Crippen molar-refractivity contribution in [1.29, 1.82) is 0 Å². The molecule has 0 aliphatic carbocycles. The number of aryl methyl sites for hydroxylation is 1. The molecule has 0 aliphatic heterocycles. The van der Waals surface area contributed by atoms with Crippen molar-refractivity contribution < 1.29 is 31.1 Å². The first-order valence-electron chi connectivity index (χ1n) is 9.05. The van der Waals surface area contributed by atoms with Gasteiger partial charge in [0.15, 0.2) is 0 Å². The molecule has 0 bridgehead atoms. The van der Waals surface area contributed by atoms with E-state index in [4.69, 9.17) is 4.74 Å². The fourth-order valence-corrected chi connectivity index (χ4v) is 3.61. The number of alkyl halides is 3. The van der Waals surface area contributed by atoms with Crippen LogP contribution in [0.15, 0.2) is 48.5 Å². The Morgan fingerprint density at radius 3 is 2.37 bits per heavy atom. The maximum Gasteiger partial charge on any atom is 0.416 e. The molecule has 0 saturated carbocycles. The summed E-state index contributed by atoms with van der Waals surface area (Å²) in [6.45, 7) is -0.204. The van der Waals surface area contributed by atoms with E-state index in [2.05, 4.69) is 5.32 Å². The average molecular weight is 444 g/mol. The standard InChI is InChI=1S/C20H23F3N2O4S/c1-29-18-7-3-5-15(13-18)6-4-12-24-19(26)14-25(30(2,27)28)17-10-8-16(9-11-17)20(21,22)23/h3,5,7-11,13H,4,6,12,14H2,1-2H3,(H,24,26). The third-order valence-corrected chi connectivity index (χ3v) is 5.41. The minimum atomic E-state index is -4.53. The van der Waals surface area contributed by atoms with Gasteiger partial charge >= 0.3 is 6.18 Å². The minimum absolute atomic E-state index is 0.0166. The highest BCUT2D eigenvalue weighted by molar-refractivity contribution is 7.92. The van der Waals surface area contributed by atoms with Crippen LogP contribution in [0.3, 0.4) is 0 Å². The highest BCUT2D eigenvalue weighted by atomic mass is 32.2. The first-order valence-corrected chi connectivity index (χ1v) is 10.9. The first-order chi connectivity index (χ1) is 14.0. The van der Waals surface area contributed by atoms with Gasteiger partial charge in [-0.3, -0.25) is 9.10 Å². The molecule has 0 heterocycles. The van der Waals surface area contributed by atoms with E-state index >= 15 is 0 Å². The maximum absolute atomic E-state index is 12.7. The summed E-state index contributed by atoms with van der Waals surface area (Å²) in [7, 11) is -2.29. The fraction of sp³-hybridized carbons (Fsp3) is 0.350. The number of methoxy groups -OCH3 is 1. The predicted octanol–water partition coefficient (Wildman–Crippen LogP) is 3.23. The van der Waals surface area contributed by atoms with Gasteiger partial charge in [-0.15, -0.1) is 0 Å². The molecule has 1 N–H and O–H groups in total. The summed E-state index contributed by atoms with van der Waals surface area (Å²) in [5, 5.41) is 2.63. The van der Waals surface area contributed by atoms with E-state index in [0.29, 0.717) is 19.4 Å². The van der Waals surface area contributed by atoms with Gasteiger partial charge in [-0.1, -0.05) is 12.1 Å². The molecule has 0 unspecified atom stereocenters.